The Kier molecular flexibility index (Phi) is 3.88. The monoisotopic (exact) mass is 283 g/mol. The molecule has 0 saturated carbocycles. The maximum atomic E-state index is 12.5. The van der Waals surface area contributed by atoms with Crippen molar-refractivity contribution in [2.24, 2.45) is 0 Å². The number of nitrogens with zero attached hydrogens (tertiary/aromatic N) is 1. The predicted octanol–water partition coefficient (Wildman–Crippen LogP) is 2.74. The van der Waals surface area contributed by atoms with Crippen molar-refractivity contribution in [1.29, 1.82) is 0 Å². The van der Waals surface area contributed by atoms with Crippen molar-refractivity contribution in [3.63, 3.8) is 0 Å². The molecule has 1 aliphatic heterocycles. The summed E-state index contributed by atoms with van der Waals surface area (Å²) >= 11 is 0. The van der Waals surface area contributed by atoms with Gasteiger partial charge in [0, 0.05) is 18.3 Å². The Morgan fingerprint density at radius 3 is 2.71 bits per heavy atom. The van der Waals surface area contributed by atoms with E-state index in [1.165, 1.54) is 0 Å². The SMILES string of the molecule is CN(C(=O)c1cccc(OCC2CO2)c1)c1ccccc1. The van der Waals surface area contributed by atoms with Gasteiger partial charge in [-0.2, -0.15) is 0 Å². The van der Waals surface area contributed by atoms with Gasteiger partial charge in [-0.15, -0.1) is 0 Å². The third-order valence-corrected chi connectivity index (χ3v) is 3.37. The fourth-order valence-corrected chi connectivity index (χ4v) is 2.03. The average Bonchev–Trinajstić information content (AvgIpc) is 3.37. The fraction of sp³-hybridized carbons (Fsp3) is 0.235. The minimum atomic E-state index is -0.0608. The molecular weight excluding hydrogens is 266 g/mol. The van der Waals surface area contributed by atoms with Crippen molar-refractivity contribution in [3.8, 4) is 5.75 Å². The van der Waals surface area contributed by atoms with E-state index in [2.05, 4.69) is 0 Å². The zero-order chi connectivity index (χ0) is 14.7. The predicted molar refractivity (Wildman–Crippen MR) is 80.9 cm³/mol. The fourth-order valence-electron chi connectivity index (χ4n) is 2.03. The minimum absolute atomic E-state index is 0.0608. The van der Waals surface area contributed by atoms with E-state index in [1.54, 1.807) is 24.1 Å². The maximum absolute atomic E-state index is 12.5. The van der Waals surface area contributed by atoms with Crippen LogP contribution in [0.4, 0.5) is 5.69 Å². The number of rotatable bonds is 5. The zero-order valence-electron chi connectivity index (χ0n) is 11.9. The Balaban J connectivity index is 1.72. The van der Waals surface area contributed by atoms with Gasteiger partial charge < -0.3 is 14.4 Å². The highest BCUT2D eigenvalue weighted by molar-refractivity contribution is 6.05. The number of hydrogen-bond donors (Lipinski definition) is 0. The summed E-state index contributed by atoms with van der Waals surface area (Å²) in [4.78, 5) is 14.1. The minimum Gasteiger partial charge on any atom is -0.491 e. The first kappa shape index (κ1) is 13.6. The first-order valence-electron chi connectivity index (χ1n) is 6.91. The second-order valence-electron chi connectivity index (χ2n) is 4.99. The molecule has 108 valence electrons. The van der Waals surface area contributed by atoms with Crippen LogP contribution in [0.5, 0.6) is 5.75 Å². The zero-order valence-corrected chi connectivity index (χ0v) is 11.9. The normalized spacial score (nSPS) is 16.3. The van der Waals surface area contributed by atoms with Crippen molar-refractivity contribution < 1.29 is 14.3 Å². The molecule has 1 unspecified atom stereocenters. The molecular formula is C17H17NO3. The van der Waals surface area contributed by atoms with Gasteiger partial charge in [0.15, 0.2) is 0 Å². The van der Waals surface area contributed by atoms with Gasteiger partial charge in [-0.25, -0.2) is 0 Å². The summed E-state index contributed by atoms with van der Waals surface area (Å²) in [6, 6.07) is 16.8. The Morgan fingerprint density at radius 1 is 1.24 bits per heavy atom. The molecule has 1 amide bonds. The van der Waals surface area contributed by atoms with Crippen molar-refractivity contribution >= 4 is 11.6 Å². The summed E-state index contributed by atoms with van der Waals surface area (Å²) in [5, 5.41) is 0. The molecule has 0 aromatic heterocycles. The molecule has 0 bridgehead atoms. The molecule has 0 radical (unpaired) electrons. The molecule has 0 spiro atoms. The van der Waals surface area contributed by atoms with E-state index in [9.17, 15) is 4.79 Å². The number of benzene rings is 2. The smallest absolute Gasteiger partial charge is 0.258 e. The molecule has 0 N–H and O–H groups in total. The number of amides is 1. The number of carbonyl (C=O) groups excluding carboxylic acids is 1. The van der Waals surface area contributed by atoms with E-state index in [0.29, 0.717) is 17.9 Å². The molecule has 4 heteroatoms. The Bertz CT molecular complexity index is 623. The van der Waals surface area contributed by atoms with Gasteiger partial charge >= 0.3 is 0 Å². The van der Waals surface area contributed by atoms with E-state index >= 15 is 0 Å². The molecule has 1 atom stereocenters. The lowest BCUT2D eigenvalue weighted by atomic mass is 10.2. The highest BCUT2D eigenvalue weighted by atomic mass is 16.6. The number of hydrogen-bond acceptors (Lipinski definition) is 3. The summed E-state index contributed by atoms with van der Waals surface area (Å²) in [7, 11) is 1.77. The molecule has 0 aliphatic carbocycles. The molecule has 3 rings (SSSR count). The second-order valence-corrected chi connectivity index (χ2v) is 4.99. The second kappa shape index (κ2) is 5.97. The van der Waals surface area contributed by atoms with Crippen LogP contribution in [0.15, 0.2) is 54.6 Å². The third-order valence-electron chi connectivity index (χ3n) is 3.37. The summed E-state index contributed by atoms with van der Waals surface area (Å²) in [5.41, 5.74) is 1.47. The number of epoxide rings is 1. The number of carbonyl (C=O) groups is 1. The van der Waals surface area contributed by atoms with Gasteiger partial charge in [-0.1, -0.05) is 24.3 Å². The Labute approximate surface area is 123 Å². The van der Waals surface area contributed by atoms with Crippen molar-refractivity contribution in [2.45, 2.75) is 6.10 Å². The van der Waals surface area contributed by atoms with Gasteiger partial charge in [-0.3, -0.25) is 4.79 Å². The van der Waals surface area contributed by atoms with Gasteiger partial charge in [0.2, 0.25) is 0 Å². The van der Waals surface area contributed by atoms with E-state index in [0.717, 1.165) is 12.3 Å². The van der Waals surface area contributed by atoms with Crippen LogP contribution in [0, 0.1) is 0 Å². The Hall–Kier alpha value is -2.33. The Morgan fingerprint density at radius 2 is 2.00 bits per heavy atom. The number of anilines is 1. The van der Waals surface area contributed by atoms with Gasteiger partial charge in [0.25, 0.3) is 5.91 Å². The van der Waals surface area contributed by atoms with Crippen LogP contribution in [0.3, 0.4) is 0 Å². The van der Waals surface area contributed by atoms with Crippen molar-refractivity contribution in [2.75, 3.05) is 25.2 Å². The summed E-state index contributed by atoms with van der Waals surface area (Å²) in [6.07, 6.45) is 0.205. The third kappa shape index (κ3) is 3.41. The number of ether oxygens (including phenoxy) is 2. The van der Waals surface area contributed by atoms with Crippen LogP contribution >= 0.6 is 0 Å². The van der Waals surface area contributed by atoms with Crippen LogP contribution in [-0.4, -0.2) is 32.3 Å². The topological polar surface area (TPSA) is 42.1 Å². The van der Waals surface area contributed by atoms with Gasteiger partial charge in [0.1, 0.15) is 18.5 Å². The van der Waals surface area contributed by atoms with Crippen LogP contribution in [-0.2, 0) is 4.74 Å². The van der Waals surface area contributed by atoms with Crippen LogP contribution < -0.4 is 9.64 Å². The van der Waals surface area contributed by atoms with Gasteiger partial charge in [-0.05, 0) is 30.3 Å². The highest BCUT2D eigenvalue weighted by Gasteiger charge is 2.23. The van der Waals surface area contributed by atoms with E-state index in [1.807, 2.05) is 42.5 Å². The van der Waals surface area contributed by atoms with E-state index in [-0.39, 0.29) is 12.0 Å². The lowest BCUT2D eigenvalue weighted by Gasteiger charge is -2.17. The first-order valence-corrected chi connectivity index (χ1v) is 6.91. The molecule has 21 heavy (non-hydrogen) atoms. The molecule has 2 aromatic carbocycles. The largest absolute Gasteiger partial charge is 0.491 e. The molecule has 1 fully saturated rings. The lowest BCUT2D eigenvalue weighted by Crippen LogP contribution is -2.26. The first-order chi connectivity index (χ1) is 10.2. The molecule has 2 aromatic rings. The maximum Gasteiger partial charge on any atom is 0.258 e. The standard InChI is InChI=1S/C17H17NO3/c1-18(14-7-3-2-4-8-14)17(19)13-6-5-9-15(10-13)20-11-16-12-21-16/h2-10,16H,11-12H2,1H3. The highest BCUT2D eigenvalue weighted by Crippen LogP contribution is 2.19. The summed E-state index contributed by atoms with van der Waals surface area (Å²) < 4.78 is 10.7. The summed E-state index contributed by atoms with van der Waals surface area (Å²) in [5.74, 6) is 0.632. The van der Waals surface area contributed by atoms with Crippen LogP contribution in [0.25, 0.3) is 0 Å². The number of para-hydroxylation sites is 1. The van der Waals surface area contributed by atoms with Crippen molar-refractivity contribution in [1.82, 2.24) is 0 Å². The van der Waals surface area contributed by atoms with Crippen LogP contribution in [0.1, 0.15) is 10.4 Å². The summed E-state index contributed by atoms with van der Waals surface area (Å²) in [6.45, 7) is 1.29. The average molecular weight is 283 g/mol. The molecule has 1 saturated heterocycles. The molecule has 1 aliphatic rings. The van der Waals surface area contributed by atoms with Gasteiger partial charge in [0.05, 0.1) is 6.61 Å². The quantitative estimate of drug-likeness (QED) is 0.792. The van der Waals surface area contributed by atoms with Crippen molar-refractivity contribution in [3.05, 3.63) is 60.2 Å². The van der Waals surface area contributed by atoms with Crippen LogP contribution in [0.2, 0.25) is 0 Å². The molecule has 1 heterocycles. The molecule has 4 nitrogen and oxygen atoms in total. The van der Waals surface area contributed by atoms with E-state index in [4.69, 9.17) is 9.47 Å². The van der Waals surface area contributed by atoms with E-state index < -0.39 is 0 Å². The lowest BCUT2D eigenvalue weighted by molar-refractivity contribution is 0.0992.